The number of rotatable bonds is 7. The van der Waals surface area contributed by atoms with Crippen molar-refractivity contribution in [3.05, 3.63) is 50.9 Å². The number of carbonyl (C=O) groups excluding carboxylic acids is 2. The molecule has 0 atom stereocenters. The van der Waals surface area contributed by atoms with Crippen LogP contribution in [0.4, 0.5) is 10.5 Å². The molecule has 1 aromatic rings. The zero-order valence-corrected chi connectivity index (χ0v) is 12.1. The van der Waals surface area contributed by atoms with E-state index in [1.54, 1.807) is 13.0 Å². The molecule has 8 heteroatoms. The minimum atomic E-state index is -0.603. The summed E-state index contributed by atoms with van der Waals surface area (Å²) in [4.78, 5) is 32.4. The van der Waals surface area contributed by atoms with Crippen LogP contribution in [0.3, 0.4) is 0 Å². The molecule has 1 amide bonds. The minimum Gasteiger partial charge on any atom is -0.445 e. The van der Waals surface area contributed by atoms with E-state index in [1.165, 1.54) is 24.3 Å². The summed E-state index contributed by atoms with van der Waals surface area (Å²) in [7, 11) is 0. The highest BCUT2D eigenvalue weighted by Gasteiger charge is 2.05. The van der Waals surface area contributed by atoms with Crippen molar-refractivity contribution in [2.75, 3.05) is 6.54 Å². The Kier molecular flexibility index (Phi) is 6.96. The Bertz CT molecular complexity index is 542. The Morgan fingerprint density at radius 1 is 1.43 bits per heavy atom. The van der Waals surface area contributed by atoms with Gasteiger partial charge in [-0.25, -0.2) is 4.79 Å². The fraction of sp³-hybridized carbons (Fsp3) is 0.231. The van der Waals surface area contributed by atoms with Gasteiger partial charge >= 0.3 is 6.09 Å². The van der Waals surface area contributed by atoms with Crippen molar-refractivity contribution in [1.82, 2.24) is 5.32 Å². The predicted molar refractivity (Wildman–Crippen MR) is 79.4 cm³/mol. The lowest BCUT2D eigenvalue weighted by Crippen LogP contribution is -2.24. The molecule has 112 valence electrons. The molecular formula is C13H14N2O5S. The molecule has 21 heavy (non-hydrogen) atoms. The first-order chi connectivity index (χ1) is 10.0. The Balaban J connectivity index is 2.34. The van der Waals surface area contributed by atoms with Gasteiger partial charge in [-0.2, -0.15) is 0 Å². The maximum absolute atomic E-state index is 11.4. The van der Waals surface area contributed by atoms with Gasteiger partial charge in [-0.15, -0.1) is 0 Å². The van der Waals surface area contributed by atoms with Crippen molar-refractivity contribution >= 4 is 29.2 Å². The molecule has 0 aromatic heterocycles. The summed E-state index contributed by atoms with van der Waals surface area (Å²) in [5.74, 6) is 0. The van der Waals surface area contributed by atoms with Crippen LogP contribution in [0.1, 0.15) is 12.5 Å². The van der Waals surface area contributed by atoms with Crippen molar-refractivity contribution in [2.24, 2.45) is 0 Å². The molecule has 0 aliphatic carbocycles. The first kappa shape index (κ1) is 16.7. The quantitative estimate of drug-likeness (QED) is 0.472. The molecule has 0 aliphatic rings. The molecule has 0 unspecified atom stereocenters. The van der Waals surface area contributed by atoms with Crippen LogP contribution in [0.2, 0.25) is 0 Å². The number of benzene rings is 1. The lowest BCUT2D eigenvalue weighted by atomic mass is 10.2. The van der Waals surface area contributed by atoms with Crippen LogP contribution in [-0.4, -0.2) is 23.2 Å². The van der Waals surface area contributed by atoms with E-state index in [0.717, 1.165) is 16.7 Å². The fourth-order valence-electron chi connectivity index (χ4n) is 1.32. The molecule has 0 radical (unpaired) electrons. The average Bonchev–Trinajstić information content (AvgIpc) is 2.46. The number of allylic oxidation sites excluding steroid dienone is 1. The standard InChI is InChI=1S/C13H14N2O5S/c1-10(21-9-16)6-7-14-13(17)20-8-11-2-4-12(5-3-11)15(18)19/h2-6,9H,7-8H2,1H3,(H,14,17)/b10-6-. The lowest BCUT2D eigenvalue weighted by molar-refractivity contribution is -0.384. The molecular weight excluding hydrogens is 296 g/mol. The van der Waals surface area contributed by atoms with Gasteiger partial charge in [0, 0.05) is 18.7 Å². The highest BCUT2D eigenvalue weighted by Crippen LogP contribution is 2.12. The Labute approximate surface area is 125 Å². The van der Waals surface area contributed by atoms with E-state index in [0.29, 0.717) is 11.2 Å². The van der Waals surface area contributed by atoms with Crippen LogP contribution < -0.4 is 5.32 Å². The number of carbonyl (C=O) groups is 2. The van der Waals surface area contributed by atoms with E-state index in [2.05, 4.69) is 5.32 Å². The number of ether oxygens (including phenoxy) is 1. The second-order valence-electron chi connectivity index (χ2n) is 3.91. The molecule has 7 nitrogen and oxygen atoms in total. The first-order valence-corrected chi connectivity index (χ1v) is 6.82. The van der Waals surface area contributed by atoms with E-state index >= 15 is 0 Å². The van der Waals surface area contributed by atoms with E-state index in [-0.39, 0.29) is 18.8 Å². The van der Waals surface area contributed by atoms with Crippen molar-refractivity contribution < 1.29 is 19.2 Å². The van der Waals surface area contributed by atoms with Gasteiger partial charge in [0.2, 0.25) is 0 Å². The van der Waals surface area contributed by atoms with Crippen molar-refractivity contribution in [3.8, 4) is 0 Å². The molecule has 0 heterocycles. The number of nitrogens with zero attached hydrogens (tertiary/aromatic N) is 1. The smallest absolute Gasteiger partial charge is 0.407 e. The topological polar surface area (TPSA) is 98.5 Å². The molecule has 0 aliphatic heterocycles. The van der Waals surface area contributed by atoms with Crippen LogP contribution in [0.5, 0.6) is 0 Å². The van der Waals surface area contributed by atoms with Gasteiger partial charge in [-0.3, -0.25) is 14.9 Å². The first-order valence-electron chi connectivity index (χ1n) is 5.94. The van der Waals surface area contributed by atoms with Gasteiger partial charge in [-0.05, 0) is 29.5 Å². The molecule has 0 fully saturated rings. The van der Waals surface area contributed by atoms with Gasteiger partial charge in [0.15, 0.2) is 5.62 Å². The second-order valence-corrected chi connectivity index (χ2v) is 4.98. The zero-order chi connectivity index (χ0) is 15.7. The Hall–Kier alpha value is -2.35. The number of hydrogen-bond donors (Lipinski definition) is 1. The summed E-state index contributed by atoms with van der Waals surface area (Å²) in [6.45, 7) is 2.03. The summed E-state index contributed by atoms with van der Waals surface area (Å²) in [5.41, 5.74) is 1.34. The molecule has 1 rings (SSSR count). The number of non-ortho nitro benzene ring substituents is 1. The van der Waals surface area contributed by atoms with Crippen LogP contribution in [0.15, 0.2) is 35.2 Å². The van der Waals surface area contributed by atoms with E-state index in [1.807, 2.05) is 0 Å². The van der Waals surface area contributed by atoms with E-state index < -0.39 is 11.0 Å². The van der Waals surface area contributed by atoms with Crippen LogP contribution in [0, 0.1) is 10.1 Å². The highest BCUT2D eigenvalue weighted by atomic mass is 32.2. The summed E-state index contributed by atoms with van der Waals surface area (Å²) >= 11 is 1.03. The minimum absolute atomic E-state index is 0.0171. The van der Waals surface area contributed by atoms with Gasteiger partial charge in [0.25, 0.3) is 5.69 Å². The van der Waals surface area contributed by atoms with Gasteiger partial charge < -0.3 is 10.1 Å². The normalized spacial score (nSPS) is 10.8. The summed E-state index contributed by atoms with van der Waals surface area (Å²) in [6, 6.07) is 5.74. The maximum Gasteiger partial charge on any atom is 0.407 e. The lowest BCUT2D eigenvalue weighted by Gasteiger charge is -2.05. The third-order valence-corrected chi connectivity index (χ3v) is 3.02. The van der Waals surface area contributed by atoms with Gasteiger partial charge in [0.05, 0.1) is 4.92 Å². The van der Waals surface area contributed by atoms with Crippen LogP contribution in [0.25, 0.3) is 0 Å². The van der Waals surface area contributed by atoms with Crippen LogP contribution >= 0.6 is 11.8 Å². The van der Waals surface area contributed by atoms with Gasteiger partial charge in [0.1, 0.15) is 6.61 Å². The van der Waals surface area contributed by atoms with E-state index in [9.17, 15) is 19.7 Å². The molecule has 1 aromatic carbocycles. The number of amides is 1. The van der Waals surface area contributed by atoms with Crippen LogP contribution in [-0.2, 0) is 16.1 Å². The maximum atomic E-state index is 11.4. The summed E-state index contributed by atoms with van der Waals surface area (Å²) < 4.78 is 4.94. The number of alkyl carbamates (subject to hydrolysis) is 1. The largest absolute Gasteiger partial charge is 0.445 e. The Morgan fingerprint density at radius 2 is 2.10 bits per heavy atom. The summed E-state index contributed by atoms with van der Waals surface area (Å²) in [6.07, 6.45) is 1.08. The zero-order valence-electron chi connectivity index (χ0n) is 11.3. The molecule has 0 spiro atoms. The third kappa shape index (κ3) is 6.57. The monoisotopic (exact) mass is 310 g/mol. The second kappa shape index (κ2) is 8.75. The van der Waals surface area contributed by atoms with E-state index in [4.69, 9.17) is 4.74 Å². The van der Waals surface area contributed by atoms with Crippen molar-refractivity contribution in [3.63, 3.8) is 0 Å². The fourth-order valence-corrected chi connectivity index (χ4v) is 1.65. The number of nitrogens with one attached hydrogen (secondary N) is 1. The molecule has 0 saturated heterocycles. The average molecular weight is 310 g/mol. The third-order valence-electron chi connectivity index (χ3n) is 2.39. The number of hydrogen-bond acceptors (Lipinski definition) is 6. The highest BCUT2D eigenvalue weighted by molar-refractivity contribution is 8.15. The predicted octanol–water partition coefficient (Wildman–Crippen LogP) is 2.65. The summed E-state index contributed by atoms with van der Waals surface area (Å²) in [5, 5.41) is 13.0. The SMILES string of the molecule is C/C(=C/CNC(=O)OCc1ccc([N+](=O)[O-])cc1)SC=O. The molecule has 0 saturated carbocycles. The Morgan fingerprint density at radius 3 is 2.67 bits per heavy atom. The molecule has 1 N–H and O–H groups in total. The number of nitro benzene ring substituents is 1. The van der Waals surface area contributed by atoms with Crippen molar-refractivity contribution in [2.45, 2.75) is 13.5 Å². The molecule has 0 bridgehead atoms. The van der Waals surface area contributed by atoms with Gasteiger partial charge in [-0.1, -0.05) is 17.8 Å². The number of nitro groups is 1. The van der Waals surface area contributed by atoms with Crippen molar-refractivity contribution in [1.29, 1.82) is 0 Å². The number of thioether (sulfide) groups is 1.